The van der Waals surface area contributed by atoms with E-state index in [0.29, 0.717) is 16.4 Å². The van der Waals surface area contributed by atoms with E-state index in [1.54, 1.807) is 0 Å². The summed E-state index contributed by atoms with van der Waals surface area (Å²) in [5, 5.41) is 3.80. The van der Waals surface area contributed by atoms with Crippen LogP contribution in [0.4, 0.5) is 0 Å². The second kappa shape index (κ2) is 4.71. The summed E-state index contributed by atoms with van der Waals surface area (Å²) in [5.41, 5.74) is 1.39. The molecule has 1 N–H and O–H groups in total. The van der Waals surface area contributed by atoms with Gasteiger partial charge in [0.15, 0.2) is 0 Å². The summed E-state index contributed by atoms with van der Waals surface area (Å²) in [6.45, 7) is 16.2. The largest absolute Gasteiger partial charge is 0.310 e. The van der Waals surface area contributed by atoms with E-state index in [9.17, 15) is 0 Å². The lowest BCUT2D eigenvalue weighted by Crippen LogP contribution is -2.57. The predicted octanol–water partition coefficient (Wildman–Crippen LogP) is 3.67. The van der Waals surface area contributed by atoms with Gasteiger partial charge in [-0.2, -0.15) is 0 Å². The lowest BCUT2D eigenvalue weighted by molar-refractivity contribution is -0.00459. The number of rotatable bonds is 2. The molecule has 3 fully saturated rings. The minimum atomic E-state index is 0.310. The molecule has 0 aromatic carbocycles. The molecule has 0 spiro atoms. The average molecular weight is 278 g/mol. The highest BCUT2D eigenvalue weighted by molar-refractivity contribution is 5.13. The Hall–Kier alpha value is -0.0800. The van der Waals surface area contributed by atoms with Gasteiger partial charge in [0, 0.05) is 18.1 Å². The van der Waals surface area contributed by atoms with Gasteiger partial charge in [-0.25, -0.2) is 0 Å². The fourth-order valence-corrected chi connectivity index (χ4v) is 5.90. The third kappa shape index (κ3) is 2.14. The second-order valence-electron chi connectivity index (χ2n) is 8.98. The lowest BCUT2D eigenvalue weighted by atomic mass is 9.67. The van der Waals surface area contributed by atoms with Crippen molar-refractivity contribution < 1.29 is 0 Å². The fraction of sp³-hybridized carbons (Fsp3) is 1.00. The van der Waals surface area contributed by atoms with Gasteiger partial charge in [0.05, 0.1) is 0 Å². The Morgan fingerprint density at radius 1 is 1.20 bits per heavy atom. The SMILES string of the molecule is CCC1(C)CN(C2C3(C)CCC(C3)C2(C)C)CCCN1. The van der Waals surface area contributed by atoms with Crippen LogP contribution in [0.15, 0.2) is 0 Å². The van der Waals surface area contributed by atoms with E-state index in [4.69, 9.17) is 0 Å². The quantitative estimate of drug-likeness (QED) is 0.829. The molecule has 1 saturated heterocycles. The number of fused-ring (bicyclic) bond motifs is 2. The summed E-state index contributed by atoms with van der Waals surface area (Å²) < 4.78 is 0. The van der Waals surface area contributed by atoms with Crippen LogP contribution in [0.5, 0.6) is 0 Å². The Bertz CT molecular complexity index is 373. The summed E-state index contributed by atoms with van der Waals surface area (Å²) >= 11 is 0. The molecule has 2 bridgehead atoms. The highest BCUT2D eigenvalue weighted by Gasteiger charge is 2.61. The van der Waals surface area contributed by atoms with Gasteiger partial charge in [-0.15, -0.1) is 0 Å². The molecule has 2 nitrogen and oxygen atoms in total. The molecule has 20 heavy (non-hydrogen) atoms. The molecule has 3 rings (SSSR count). The molecule has 2 heteroatoms. The zero-order valence-corrected chi connectivity index (χ0v) is 14.3. The van der Waals surface area contributed by atoms with Gasteiger partial charge in [0.1, 0.15) is 0 Å². The van der Waals surface area contributed by atoms with Crippen LogP contribution >= 0.6 is 0 Å². The minimum Gasteiger partial charge on any atom is -0.310 e. The Morgan fingerprint density at radius 2 is 1.95 bits per heavy atom. The smallest absolute Gasteiger partial charge is 0.0277 e. The number of nitrogens with zero attached hydrogens (tertiary/aromatic N) is 1. The third-order valence-electron chi connectivity index (χ3n) is 7.07. The summed E-state index contributed by atoms with van der Waals surface area (Å²) in [6, 6.07) is 0.791. The first-order valence-corrected chi connectivity index (χ1v) is 8.80. The van der Waals surface area contributed by atoms with Crippen molar-refractivity contribution in [2.24, 2.45) is 16.7 Å². The van der Waals surface area contributed by atoms with Gasteiger partial charge in [-0.3, -0.25) is 4.90 Å². The maximum absolute atomic E-state index is 3.80. The van der Waals surface area contributed by atoms with E-state index in [-0.39, 0.29) is 0 Å². The van der Waals surface area contributed by atoms with Crippen molar-refractivity contribution in [3.05, 3.63) is 0 Å². The second-order valence-corrected chi connectivity index (χ2v) is 8.98. The molecule has 2 aliphatic carbocycles. The molecule has 116 valence electrons. The van der Waals surface area contributed by atoms with E-state index in [0.717, 1.165) is 12.0 Å². The Morgan fingerprint density at radius 3 is 2.55 bits per heavy atom. The average Bonchev–Trinajstić information content (AvgIpc) is 2.76. The van der Waals surface area contributed by atoms with Crippen LogP contribution in [0.1, 0.15) is 66.7 Å². The van der Waals surface area contributed by atoms with Crippen molar-refractivity contribution in [3.63, 3.8) is 0 Å². The van der Waals surface area contributed by atoms with Gasteiger partial charge in [0.2, 0.25) is 0 Å². The van der Waals surface area contributed by atoms with Crippen LogP contribution in [0.3, 0.4) is 0 Å². The van der Waals surface area contributed by atoms with Crippen molar-refractivity contribution in [3.8, 4) is 0 Å². The standard InChI is InChI=1S/C18H34N2/c1-6-18(5)13-20(11-7-10-19-18)15-16(2,3)14-8-9-17(15,4)12-14/h14-15,19H,6-13H2,1-5H3. The molecular weight excluding hydrogens is 244 g/mol. The summed E-state index contributed by atoms with van der Waals surface area (Å²) in [7, 11) is 0. The van der Waals surface area contributed by atoms with Gasteiger partial charge in [-0.1, -0.05) is 27.7 Å². The number of hydrogen-bond acceptors (Lipinski definition) is 2. The Balaban J connectivity index is 1.87. The lowest BCUT2D eigenvalue weighted by Gasteiger charge is -2.50. The monoisotopic (exact) mass is 278 g/mol. The molecular formula is C18H34N2. The van der Waals surface area contributed by atoms with Gasteiger partial charge < -0.3 is 5.32 Å². The molecule has 0 aromatic rings. The Labute approximate surface area is 125 Å². The van der Waals surface area contributed by atoms with E-state index in [1.165, 1.54) is 51.7 Å². The van der Waals surface area contributed by atoms with Crippen molar-refractivity contribution in [2.75, 3.05) is 19.6 Å². The first-order chi connectivity index (χ1) is 9.31. The summed E-state index contributed by atoms with van der Waals surface area (Å²) in [6.07, 6.45) is 6.94. The predicted molar refractivity (Wildman–Crippen MR) is 85.9 cm³/mol. The summed E-state index contributed by atoms with van der Waals surface area (Å²) in [5.74, 6) is 0.960. The van der Waals surface area contributed by atoms with Gasteiger partial charge in [0.25, 0.3) is 0 Å². The zero-order valence-electron chi connectivity index (χ0n) is 14.3. The van der Waals surface area contributed by atoms with Crippen LogP contribution in [0.25, 0.3) is 0 Å². The molecule has 0 radical (unpaired) electrons. The normalized spacial score (nSPS) is 48.5. The molecule has 3 aliphatic rings. The maximum Gasteiger partial charge on any atom is 0.0277 e. The Kier molecular flexibility index (Phi) is 3.49. The van der Waals surface area contributed by atoms with Crippen LogP contribution in [-0.2, 0) is 0 Å². The van der Waals surface area contributed by atoms with E-state index in [1.807, 2.05) is 0 Å². The van der Waals surface area contributed by atoms with Crippen LogP contribution < -0.4 is 5.32 Å². The highest BCUT2D eigenvalue weighted by Crippen LogP contribution is 2.64. The maximum atomic E-state index is 3.80. The van der Waals surface area contributed by atoms with Crippen molar-refractivity contribution in [1.82, 2.24) is 10.2 Å². The molecule has 1 aliphatic heterocycles. The molecule has 2 saturated carbocycles. The molecule has 4 unspecified atom stereocenters. The van der Waals surface area contributed by atoms with E-state index in [2.05, 4.69) is 44.8 Å². The van der Waals surface area contributed by atoms with Gasteiger partial charge in [-0.05, 0) is 68.9 Å². The molecule has 0 aromatic heterocycles. The van der Waals surface area contributed by atoms with Crippen LogP contribution in [-0.4, -0.2) is 36.1 Å². The topological polar surface area (TPSA) is 15.3 Å². The van der Waals surface area contributed by atoms with E-state index < -0.39 is 0 Å². The number of hydrogen-bond donors (Lipinski definition) is 1. The minimum absolute atomic E-state index is 0.310. The number of nitrogens with one attached hydrogen (secondary N) is 1. The van der Waals surface area contributed by atoms with Crippen molar-refractivity contribution in [2.45, 2.75) is 78.3 Å². The zero-order chi connectivity index (χ0) is 14.6. The van der Waals surface area contributed by atoms with Crippen LogP contribution in [0.2, 0.25) is 0 Å². The highest BCUT2D eigenvalue weighted by atomic mass is 15.2. The van der Waals surface area contributed by atoms with E-state index >= 15 is 0 Å². The first-order valence-electron chi connectivity index (χ1n) is 8.80. The fourth-order valence-electron chi connectivity index (χ4n) is 5.90. The molecule has 4 atom stereocenters. The first kappa shape index (κ1) is 14.8. The van der Waals surface area contributed by atoms with Crippen molar-refractivity contribution >= 4 is 0 Å². The van der Waals surface area contributed by atoms with Crippen molar-refractivity contribution in [1.29, 1.82) is 0 Å². The summed E-state index contributed by atoms with van der Waals surface area (Å²) in [4.78, 5) is 2.88. The van der Waals surface area contributed by atoms with Gasteiger partial charge >= 0.3 is 0 Å². The third-order valence-corrected chi connectivity index (χ3v) is 7.07. The van der Waals surface area contributed by atoms with Crippen LogP contribution in [0, 0.1) is 16.7 Å². The molecule has 0 amide bonds. The molecule has 1 heterocycles.